The van der Waals surface area contributed by atoms with E-state index >= 15 is 0 Å². The second-order valence-electron chi connectivity index (χ2n) is 2.93. The Bertz CT molecular complexity index is 213. The third-order valence-electron chi connectivity index (χ3n) is 1.79. The molecule has 0 unspecified atom stereocenters. The largest absolute Gasteiger partial charge is 0.313 e. The van der Waals surface area contributed by atoms with Crippen LogP contribution in [0.1, 0.15) is 18.4 Å². The molecule has 0 saturated carbocycles. The van der Waals surface area contributed by atoms with Crippen molar-refractivity contribution in [3.05, 3.63) is 30.1 Å². The van der Waals surface area contributed by atoms with Crippen molar-refractivity contribution in [2.75, 3.05) is 11.0 Å². The maximum atomic E-state index is 4.06. The Kier molecular flexibility index (Phi) is 6.10. The average Bonchev–Trinajstić information content (AvgIpc) is 2.19. The summed E-state index contributed by atoms with van der Waals surface area (Å²) >= 11 is 2.41. The second-order valence-corrected chi connectivity index (χ2v) is 4.01. The van der Waals surface area contributed by atoms with Crippen LogP contribution in [0.5, 0.6) is 0 Å². The van der Waals surface area contributed by atoms with Gasteiger partial charge in [-0.15, -0.1) is 0 Å². The first-order valence-electron chi connectivity index (χ1n) is 4.59. The Morgan fingerprint density at radius 2 is 2.31 bits per heavy atom. The van der Waals surface area contributed by atoms with Gasteiger partial charge in [-0.25, -0.2) is 0 Å². The molecule has 3 heteroatoms. The van der Waals surface area contributed by atoms with Crippen LogP contribution in [-0.2, 0) is 6.54 Å². The molecule has 1 aromatic rings. The van der Waals surface area contributed by atoms with Gasteiger partial charge in [0.15, 0.2) is 0 Å². The van der Waals surface area contributed by atoms with Crippen molar-refractivity contribution in [1.82, 2.24) is 10.3 Å². The zero-order valence-electron chi connectivity index (χ0n) is 7.67. The Morgan fingerprint density at radius 3 is 3.00 bits per heavy atom. The first-order chi connectivity index (χ1) is 6.43. The Labute approximate surface area is 93.3 Å². The standard InChI is InChI=1S/C10H15IN2/c11-5-1-2-6-12-8-10-4-3-7-13-9-10/h3-4,7,9,12H,1-2,5-6,8H2. The van der Waals surface area contributed by atoms with E-state index < -0.39 is 0 Å². The molecule has 0 bridgehead atoms. The van der Waals surface area contributed by atoms with Crippen LogP contribution in [0.15, 0.2) is 24.5 Å². The number of rotatable bonds is 6. The molecule has 0 fully saturated rings. The molecule has 1 heterocycles. The number of nitrogens with one attached hydrogen (secondary N) is 1. The molecular formula is C10H15IN2. The van der Waals surface area contributed by atoms with E-state index in [4.69, 9.17) is 0 Å². The number of nitrogens with zero attached hydrogens (tertiary/aromatic N) is 1. The summed E-state index contributed by atoms with van der Waals surface area (Å²) in [5.41, 5.74) is 1.26. The molecule has 72 valence electrons. The highest BCUT2D eigenvalue weighted by Gasteiger charge is 1.90. The minimum atomic E-state index is 0.940. The van der Waals surface area contributed by atoms with Gasteiger partial charge in [0.25, 0.3) is 0 Å². The van der Waals surface area contributed by atoms with E-state index in [-0.39, 0.29) is 0 Å². The third-order valence-corrected chi connectivity index (χ3v) is 2.55. The van der Waals surface area contributed by atoms with Crippen molar-refractivity contribution in [3.8, 4) is 0 Å². The Hall–Kier alpha value is -0.160. The van der Waals surface area contributed by atoms with Crippen LogP contribution in [0.25, 0.3) is 0 Å². The van der Waals surface area contributed by atoms with Crippen LogP contribution in [-0.4, -0.2) is 16.0 Å². The van der Waals surface area contributed by atoms with Crippen LogP contribution in [0.4, 0.5) is 0 Å². The lowest BCUT2D eigenvalue weighted by Crippen LogP contribution is -2.14. The first-order valence-corrected chi connectivity index (χ1v) is 6.11. The van der Waals surface area contributed by atoms with Gasteiger partial charge < -0.3 is 5.32 Å². The SMILES string of the molecule is ICCCCNCc1cccnc1. The summed E-state index contributed by atoms with van der Waals surface area (Å²) in [4.78, 5) is 4.06. The molecular weight excluding hydrogens is 275 g/mol. The van der Waals surface area contributed by atoms with Crippen molar-refractivity contribution in [3.63, 3.8) is 0 Å². The lowest BCUT2D eigenvalue weighted by molar-refractivity contribution is 0.644. The molecule has 0 aliphatic carbocycles. The van der Waals surface area contributed by atoms with Gasteiger partial charge in [0, 0.05) is 18.9 Å². The predicted octanol–water partition coefficient (Wildman–Crippen LogP) is 2.39. The van der Waals surface area contributed by atoms with Gasteiger partial charge >= 0.3 is 0 Å². The van der Waals surface area contributed by atoms with Crippen LogP contribution >= 0.6 is 22.6 Å². The van der Waals surface area contributed by atoms with E-state index in [1.54, 1.807) is 6.20 Å². The number of hydrogen-bond donors (Lipinski definition) is 1. The summed E-state index contributed by atoms with van der Waals surface area (Å²) in [6.07, 6.45) is 6.29. The fourth-order valence-corrected chi connectivity index (χ4v) is 1.62. The van der Waals surface area contributed by atoms with Crippen molar-refractivity contribution in [2.45, 2.75) is 19.4 Å². The molecule has 0 aromatic carbocycles. The van der Waals surface area contributed by atoms with Crippen molar-refractivity contribution in [1.29, 1.82) is 0 Å². The molecule has 1 aromatic heterocycles. The predicted molar refractivity (Wildman–Crippen MR) is 64.1 cm³/mol. The number of halogens is 1. The normalized spacial score (nSPS) is 10.2. The molecule has 1 N–H and O–H groups in total. The molecule has 1 rings (SSSR count). The molecule has 0 saturated heterocycles. The fourth-order valence-electron chi connectivity index (χ4n) is 1.08. The first kappa shape index (κ1) is 10.9. The number of pyridine rings is 1. The summed E-state index contributed by atoms with van der Waals surface area (Å²) in [6.45, 7) is 2.05. The Balaban J connectivity index is 2.07. The zero-order valence-corrected chi connectivity index (χ0v) is 9.83. The van der Waals surface area contributed by atoms with E-state index in [2.05, 4.69) is 39.0 Å². The maximum Gasteiger partial charge on any atom is 0.0312 e. The second kappa shape index (κ2) is 7.26. The molecule has 0 radical (unpaired) electrons. The van der Waals surface area contributed by atoms with Crippen molar-refractivity contribution < 1.29 is 0 Å². The van der Waals surface area contributed by atoms with Crippen molar-refractivity contribution in [2.24, 2.45) is 0 Å². The highest BCUT2D eigenvalue weighted by Crippen LogP contribution is 1.96. The minimum absolute atomic E-state index is 0.940. The lowest BCUT2D eigenvalue weighted by atomic mass is 10.3. The third kappa shape index (κ3) is 5.21. The summed E-state index contributed by atoms with van der Waals surface area (Å²) in [5.74, 6) is 0. The monoisotopic (exact) mass is 290 g/mol. The molecule has 0 atom stereocenters. The topological polar surface area (TPSA) is 24.9 Å². The summed E-state index contributed by atoms with van der Waals surface area (Å²) in [6, 6.07) is 4.07. The zero-order chi connectivity index (χ0) is 9.36. The van der Waals surface area contributed by atoms with Gasteiger partial charge in [0.1, 0.15) is 0 Å². The van der Waals surface area contributed by atoms with E-state index in [1.165, 1.54) is 22.8 Å². The number of hydrogen-bond acceptors (Lipinski definition) is 2. The molecule has 0 spiro atoms. The van der Waals surface area contributed by atoms with Crippen LogP contribution in [0.3, 0.4) is 0 Å². The van der Waals surface area contributed by atoms with Crippen molar-refractivity contribution >= 4 is 22.6 Å². The fraction of sp³-hybridized carbons (Fsp3) is 0.500. The van der Waals surface area contributed by atoms with Gasteiger partial charge in [-0.05, 0) is 35.4 Å². The molecule has 2 nitrogen and oxygen atoms in total. The van der Waals surface area contributed by atoms with Gasteiger partial charge in [-0.3, -0.25) is 4.98 Å². The molecule has 0 amide bonds. The Morgan fingerprint density at radius 1 is 1.38 bits per heavy atom. The average molecular weight is 290 g/mol. The molecule has 0 aliphatic rings. The van der Waals surface area contributed by atoms with Gasteiger partial charge in [-0.2, -0.15) is 0 Å². The summed E-state index contributed by atoms with van der Waals surface area (Å²) in [5, 5.41) is 3.39. The molecule has 0 aliphatic heterocycles. The highest BCUT2D eigenvalue weighted by atomic mass is 127. The smallest absolute Gasteiger partial charge is 0.0312 e. The maximum absolute atomic E-state index is 4.06. The minimum Gasteiger partial charge on any atom is -0.313 e. The quantitative estimate of drug-likeness (QED) is 0.494. The van der Waals surface area contributed by atoms with Gasteiger partial charge in [0.2, 0.25) is 0 Å². The number of alkyl halides is 1. The van der Waals surface area contributed by atoms with Crippen LogP contribution in [0.2, 0.25) is 0 Å². The summed E-state index contributed by atoms with van der Waals surface area (Å²) < 4.78 is 1.26. The van der Waals surface area contributed by atoms with Crippen LogP contribution in [0, 0.1) is 0 Å². The molecule has 13 heavy (non-hydrogen) atoms. The van der Waals surface area contributed by atoms with Gasteiger partial charge in [-0.1, -0.05) is 28.7 Å². The summed E-state index contributed by atoms with van der Waals surface area (Å²) in [7, 11) is 0. The highest BCUT2D eigenvalue weighted by molar-refractivity contribution is 14.1. The van der Waals surface area contributed by atoms with Crippen LogP contribution < -0.4 is 5.32 Å². The van der Waals surface area contributed by atoms with E-state index in [9.17, 15) is 0 Å². The van der Waals surface area contributed by atoms with E-state index in [1.807, 2.05) is 12.3 Å². The van der Waals surface area contributed by atoms with E-state index in [0.717, 1.165) is 13.1 Å². The van der Waals surface area contributed by atoms with E-state index in [0.29, 0.717) is 0 Å². The lowest BCUT2D eigenvalue weighted by Gasteiger charge is -2.02. The van der Waals surface area contributed by atoms with Gasteiger partial charge in [0.05, 0.1) is 0 Å². The number of aromatic nitrogens is 1. The number of unbranched alkanes of at least 4 members (excludes halogenated alkanes) is 1.